The lowest BCUT2D eigenvalue weighted by molar-refractivity contribution is -0.704. The van der Waals surface area contributed by atoms with Gasteiger partial charge in [0.05, 0.1) is 14.2 Å². The molecule has 0 aliphatic rings. The topological polar surface area (TPSA) is 64.2 Å². The fraction of sp³-hybridized carbons (Fsp3) is 0.240. The molecular weight excluding hydrogens is 376 g/mol. The van der Waals surface area contributed by atoms with E-state index in [4.69, 9.17) is 9.47 Å². The van der Waals surface area contributed by atoms with Gasteiger partial charge >= 0.3 is 0 Å². The van der Waals surface area contributed by atoms with Gasteiger partial charge in [0, 0.05) is 35.0 Å². The quantitative estimate of drug-likeness (QED) is 0.601. The highest BCUT2D eigenvalue weighted by Gasteiger charge is 2.25. The maximum Gasteiger partial charge on any atom is 0.282 e. The number of carbonyl (C=O) groups excluding carboxylic acids is 1. The number of nitrogens with two attached hydrogens (primary N) is 1. The average Bonchev–Trinajstić information content (AvgIpc) is 2.78. The van der Waals surface area contributed by atoms with Gasteiger partial charge in [-0.05, 0) is 13.8 Å². The number of nitrogens with one attached hydrogen (secondary N) is 1. The number of carbonyl (C=O) groups is 1. The minimum Gasteiger partial charge on any atom is -0.497 e. The Balaban J connectivity index is 1.79. The SMILES string of the molecule is COc1cc(NC(=O)[C@@H](C)[NH2+][C@H](c2ccccc2)c2ccc(C)cc2)cc(OC)c1. The largest absolute Gasteiger partial charge is 0.497 e. The van der Waals surface area contributed by atoms with E-state index in [1.54, 1.807) is 32.4 Å². The number of aryl methyl sites for hydroxylation is 1. The number of amides is 1. The lowest BCUT2D eigenvalue weighted by Crippen LogP contribution is -2.92. The molecule has 0 saturated carbocycles. The molecule has 30 heavy (non-hydrogen) atoms. The van der Waals surface area contributed by atoms with Crippen LogP contribution >= 0.6 is 0 Å². The van der Waals surface area contributed by atoms with Gasteiger partial charge in [-0.3, -0.25) is 4.79 Å². The van der Waals surface area contributed by atoms with Crippen molar-refractivity contribution in [1.82, 2.24) is 0 Å². The van der Waals surface area contributed by atoms with Crippen LogP contribution in [0.4, 0.5) is 5.69 Å². The first-order valence-electron chi connectivity index (χ1n) is 10.0. The van der Waals surface area contributed by atoms with Gasteiger partial charge in [0.25, 0.3) is 5.91 Å². The predicted molar refractivity (Wildman–Crippen MR) is 119 cm³/mol. The fourth-order valence-electron chi connectivity index (χ4n) is 3.36. The second kappa shape index (κ2) is 9.94. The van der Waals surface area contributed by atoms with Crippen molar-refractivity contribution in [3.8, 4) is 11.5 Å². The third kappa shape index (κ3) is 5.39. The number of benzene rings is 3. The minimum atomic E-state index is -0.311. The molecule has 3 aromatic rings. The summed E-state index contributed by atoms with van der Waals surface area (Å²) < 4.78 is 10.6. The van der Waals surface area contributed by atoms with Crippen LogP contribution in [-0.2, 0) is 4.79 Å². The molecule has 0 aliphatic heterocycles. The summed E-state index contributed by atoms with van der Waals surface area (Å²) >= 11 is 0. The molecule has 0 unspecified atom stereocenters. The number of hydrogen-bond donors (Lipinski definition) is 2. The van der Waals surface area contributed by atoms with Crippen LogP contribution in [0.2, 0.25) is 0 Å². The summed E-state index contributed by atoms with van der Waals surface area (Å²) in [5.41, 5.74) is 4.17. The van der Waals surface area contributed by atoms with Gasteiger partial charge in [0.15, 0.2) is 6.04 Å². The van der Waals surface area contributed by atoms with E-state index in [-0.39, 0.29) is 18.0 Å². The molecule has 0 fully saturated rings. The molecule has 0 heterocycles. The first-order chi connectivity index (χ1) is 14.5. The fourth-order valence-corrected chi connectivity index (χ4v) is 3.36. The van der Waals surface area contributed by atoms with E-state index in [2.05, 4.69) is 54.0 Å². The molecule has 1 amide bonds. The van der Waals surface area contributed by atoms with Gasteiger partial charge in [-0.15, -0.1) is 0 Å². The number of methoxy groups -OCH3 is 2. The molecule has 3 N–H and O–H groups in total. The first kappa shape index (κ1) is 21.4. The zero-order valence-corrected chi connectivity index (χ0v) is 17.9. The highest BCUT2D eigenvalue weighted by atomic mass is 16.5. The Morgan fingerprint density at radius 1 is 0.867 bits per heavy atom. The molecule has 156 valence electrons. The van der Waals surface area contributed by atoms with Crippen LogP contribution in [0.5, 0.6) is 11.5 Å². The average molecular weight is 406 g/mol. The lowest BCUT2D eigenvalue weighted by Gasteiger charge is -2.21. The molecule has 3 aromatic carbocycles. The number of quaternary nitrogens is 1. The van der Waals surface area contributed by atoms with Crippen molar-refractivity contribution in [3.63, 3.8) is 0 Å². The molecule has 3 rings (SSSR count). The van der Waals surface area contributed by atoms with E-state index in [9.17, 15) is 4.79 Å². The van der Waals surface area contributed by atoms with Crippen molar-refractivity contribution < 1.29 is 19.6 Å². The predicted octanol–water partition coefficient (Wildman–Crippen LogP) is 3.69. The van der Waals surface area contributed by atoms with E-state index < -0.39 is 0 Å². The van der Waals surface area contributed by atoms with Crippen molar-refractivity contribution >= 4 is 11.6 Å². The monoisotopic (exact) mass is 405 g/mol. The molecule has 5 nitrogen and oxygen atoms in total. The second-order valence-electron chi connectivity index (χ2n) is 7.37. The maximum atomic E-state index is 12.9. The Morgan fingerprint density at radius 2 is 1.43 bits per heavy atom. The maximum absolute atomic E-state index is 12.9. The zero-order chi connectivity index (χ0) is 21.5. The number of anilines is 1. The van der Waals surface area contributed by atoms with Gasteiger partial charge < -0.3 is 20.1 Å². The normalized spacial score (nSPS) is 12.7. The summed E-state index contributed by atoms with van der Waals surface area (Å²) in [6.45, 7) is 3.99. The van der Waals surface area contributed by atoms with Gasteiger partial charge in [-0.1, -0.05) is 60.2 Å². The van der Waals surface area contributed by atoms with Crippen molar-refractivity contribution in [2.75, 3.05) is 19.5 Å². The Bertz CT molecular complexity index is 949. The summed E-state index contributed by atoms with van der Waals surface area (Å²) in [6, 6.07) is 23.7. The molecule has 0 bridgehead atoms. The molecule has 2 atom stereocenters. The molecule has 0 radical (unpaired) electrons. The molecule has 5 heteroatoms. The van der Waals surface area contributed by atoms with Crippen LogP contribution in [0.15, 0.2) is 72.8 Å². The number of rotatable bonds is 8. The van der Waals surface area contributed by atoms with E-state index in [1.165, 1.54) is 5.56 Å². The third-order valence-corrected chi connectivity index (χ3v) is 5.11. The molecular formula is C25H29N2O3+. The lowest BCUT2D eigenvalue weighted by atomic mass is 9.97. The van der Waals surface area contributed by atoms with Crippen molar-refractivity contribution in [2.24, 2.45) is 0 Å². The highest BCUT2D eigenvalue weighted by Crippen LogP contribution is 2.26. The van der Waals surface area contributed by atoms with E-state index in [0.717, 1.165) is 11.1 Å². The first-order valence-corrected chi connectivity index (χ1v) is 10.0. The van der Waals surface area contributed by atoms with E-state index in [1.807, 2.05) is 25.1 Å². The van der Waals surface area contributed by atoms with E-state index in [0.29, 0.717) is 17.2 Å². The number of hydrogen-bond acceptors (Lipinski definition) is 3. The van der Waals surface area contributed by atoms with Gasteiger partial charge in [-0.25, -0.2) is 0 Å². The molecule has 0 aromatic heterocycles. The minimum absolute atomic E-state index is 0.0207. The molecule has 0 spiro atoms. The summed E-state index contributed by atoms with van der Waals surface area (Å²) in [6.07, 6.45) is 0. The summed E-state index contributed by atoms with van der Waals surface area (Å²) in [5, 5.41) is 5.07. The van der Waals surface area contributed by atoms with Crippen molar-refractivity contribution in [2.45, 2.75) is 25.9 Å². The second-order valence-corrected chi connectivity index (χ2v) is 7.37. The van der Waals surface area contributed by atoms with Gasteiger partial charge in [-0.2, -0.15) is 0 Å². The van der Waals surface area contributed by atoms with Crippen LogP contribution < -0.4 is 20.1 Å². The Kier molecular flexibility index (Phi) is 7.09. The summed E-state index contributed by atoms with van der Waals surface area (Å²) in [7, 11) is 3.17. The standard InChI is InChI=1S/C25H28N2O3/c1-17-10-12-20(13-11-17)24(19-8-6-5-7-9-19)26-18(2)25(28)27-21-14-22(29-3)16-23(15-21)30-4/h5-16,18,24,26H,1-4H3,(H,27,28)/p+1/t18-,24-/m1/s1. The Labute approximate surface area is 178 Å². The molecule has 0 aliphatic carbocycles. The van der Waals surface area contributed by atoms with Crippen LogP contribution in [0.1, 0.15) is 29.7 Å². The van der Waals surface area contributed by atoms with Crippen molar-refractivity contribution in [1.29, 1.82) is 0 Å². The summed E-state index contributed by atoms with van der Waals surface area (Å²) in [5.74, 6) is 1.17. The third-order valence-electron chi connectivity index (χ3n) is 5.11. The highest BCUT2D eigenvalue weighted by molar-refractivity contribution is 5.94. The van der Waals surface area contributed by atoms with Crippen LogP contribution in [0, 0.1) is 6.92 Å². The Hall–Kier alpha value is -3.31. The smallest absolute Gasteiger partial charge is 0.282 e. The number of ether oxygens (including phenoxy) is 2. The van der Waals surface area contributed by atoms with Crippen LogP contribution in [-0.4, -0.2) is 26.2 Å². The zero-order valence-electron chi connectivity index (χ0n) is 17.9. The summed E-state index contributed by atoms with van der Waals surface area (Å²) in [4.78, 5) is 12.9. The Morgan fingerprint density at radius 3 is 2.00 bits per heavy atom. The molecule has 0 saturated heterocycles. The van der Waals surface area contributed by atoms with Crippen LogP contribution in [0.3, 0.4) is 0 Å². The van der Waals surface area contributed by atoms with Crippen molar-refractivity contribution in [3.05, 3.63) is 89.5 Å². The van der Waals surface area contributed by atoms with Gasteiger partial charge in [0.1, 0.15) is 17.5 Å². The van der Waals surface area contributed by atoms with Crippen LogP contribution in [0.25, 0.3) is 0 Å². The van der Waals surface area contributed by atoms with E-state index >= 15 is 0 Å². The van der Waals surface area contributed by atoms with Gasteiger partial charge in [0.2, 0.25) is 0 Å².